The predicted octanol–water partition coefficient (Wildman–Crippen LogP) is 0.714. The first-order chi connectivity index (χ1) is 5.52. The average molecular weight is 291 g/mol. The number of aromatic carboxylic acids is 1. The molecule has 12 heavy (non-hydrogen) atoms. The summed E-state index contributed by atoms with van der Waals surface area (Å²) >= 11 is 4.60. The number of aryl methyl sites for hydroxylation is 1. The van der Waals surface area contributed by atoms with Crippen molar-refractivity contribution in [1.29, 1.82) is 0 Å². The van der Waals surface area contributed by atoms with Crippen LogP contribution in [0.4, 0.5) is 0 Å². The average Bonchev–Trinajstić information content (AvgIpc) is 1.96. The monoisotopic (exact) mass is 290 g/mol. The van der Waals surface area contributed by atoms with Crippen molar-refractivity contribution in [2.45, 2.75) is 6.92 Å². The van der Waals surface area contributed by atoms with E-state index < -0.39 is 5.97 Å². The molecule has 0 aliphatic heterocycles. The van der Waals surface area contributed by atoms with Gasteiger partial charge in [0.15, 0.2) is 0 Å². The molecule has 0 amide bonds. The van der Waals surface area contributed by atoms with Crippen molar-refractivity contribution in [3.8, 4) is 0 Å². The molecule has 1 aromatic carbocycles. The van der Waals surface area contributed by atoms with E-state index in [1.165, 1.54) is 16.9 Å². The first-order valence-corrected chi connectivity index (χ1v) is 5.31. The molecule has 2 nitrogen and oxygen atoms in total. The van der Waals surface area contributed by atoms with E-state index in [1.54, 1.807) is 6.07 Å². The summed E-state index contributed by atoms with van der Waals surface area (Å²) in [6, 6.07) is 3.55. The fourth-order valence-corrected chi connectivity index (χ4v) is 2.11. The molecule has 1 aromatic rings. The molecule has 0 aliphatic carbocycles. The van der Waals surface area contributed by atoms with Gasteiger partial charge in [0.05, 0.1) is 0 Å². The van der Waals surface area contributed by atoms with Crippen LogP contribution < -0.4 is 4.35 Å². The third-order valence-electron chi connectivity index (χ3n) is 1.58. The number of halogens is 1. The molecule has 0 saturated heterocycles. The summed E-state index contributed by atoms with van der Waals surface area (Å²) in [6.45, 7) is 1.91. The standard InChI is InChI=1S/C8H8AsBrO2/c1-4-2-5(10)3-6(7(4)9)8(11)12/h2-3H,9H2,1H3,(H,11,12). The van der Waals surface area contributed by atoms with Gasteiger partial charge >= 0.3 is 87.7 Å². The molecule has 4 heteroatoms. The van der Waals surface area contributed by atoms with Gasteiger partial charge in [-0.2, -0.15) is 0 Å². The molecule has 1 unspecified atom stereocenters. The van der Waals surface area contributed by atoms with Gasteiger partial charge in [0, 0.05) is 0 Å². The number of hydrogen-bond acceptors (Lipinski definition) is 1. The molecule has 0 heterocycles. The Kier molecular flexibility index (Phi) is 2.97. The first-order valence-electron chi connectivity index (χ1n) is 3.31. The molecular formula is C8H8AsBrO2. The molecule has 0 spiro atoms. The molecule has 0 aromatic heterocycles. The predicted molar refractivity (Wildman–Crippen MR) is 54.0 cm³/mol. The zero-order chi connectivity index (χ0) is 9.30. The van der Waals surface area contributed by atoms with E-state index in [0.29, 0.717) is 5.56 Å². The Morgan fingerprint density at radius 2 is 2.17 bits per heavy atom. The van der Waals surface area contributed by atoms with E-state index in [2.05, 4.69) is 15.9 Å². The Balaban J connectivity index is 3.37. The van der Waals surface area contributed by atoms with Gasteiger partial charge in [0.2, 0.25) is 0 Å². The summed E-state index contributed by atoms with van der Waals surface area (Å²) in [6.07, 6.45) is 0. The van der Waals surface area contributed by atoms with Crippen molar-refractivity contribution < 1.29 is 9.90 Å². The van der Waals surface area contributed by atoms with Crippen molar-refractivity contribution in [1.82, 2.24) is 0 Å². The Bertz CT molecular complexity index is 336. The van der Waals surface area contributed by atoms with E-state index in [0.717, 1.165) is 14.4 Å². The molecule has 0 fully saturated rings. The number of hydrogen-bond donors (Lipinski definition) is 1. The van der Waals surface area contributed by atoms with Crippen LogP contribution in [0.5, 0.6) is 0 Å². The number of carboxylic acid groups (broad SMARTS) is 1. The van der Waals surface area contributed by atoms with Crippen LogP contribution in [0.15, 0.2) is 16.6 Å². The molecule has 64 valence electrons. The van der Waals surface area contributed by atoms with Crippen molar-refractivity contribution >= 4 is 43.1 Å². The van der Waals surface area contributed by atoms with Gasteiger partial charge < -0.3 is 0 Å². The second-order valence-corrected chi connectivity index (χ2v) is 4.62. The quantitative estimate of drug-likeness (QED) is 0.774. The van der Waals surface area contributed by atoms with Crippen LogP contribution in [0.1, 0.15) is 15.9 Å². The summed E-state index contributed by atoms with van der Waals surface area (Å²) in [5, 5.41) is 8.80. The van der Waals surface area contributed by atoms with Gasteiger partial charge in [-0.25, -0.2) is 0 Å². The fourth-order valence-electron chi connectivity index (χ4n) is 0.931. The SMILES string of the molecule is Cc1cc(Br)cc(C(=O)O)c1[AsH2]. The van der Waals surface area contributed by atoms with Gasteiger partial charge in [-0.15, -0.1) is 0 Å². The van der Waals surface area contributed by atoms with Gasteiger partial charge in [-0.1, -0.05) is 0 Å². The van der Waals surface area contributed by atoms with Crippen LogP contribution in [0, 0.1) is 6.92 Å². The molecule has 0 aliphatic rings. The summed E-state index contributed by atoms with van der Waals surface area (Å²) in [4.78, 5) is 10.7. The van der Waals surface area contributed by atoms with Crippen LogP contribution in [-0.2, 0) is 0 Å². The summed E-state index contributed by atoms with van der Waals surface area (Å²) in [5.74, 6) is -0.862. The van der Waals surface area contributed by atoms with E-state index in [9.17, 15) is 4.79 Å². The van der Waals surface area contributed by atoms with Gasteiger partial charge in [0.1, 0.15) is 0 Å². The van der Waals surface area contributed by atoms with Crippen LogP contribution in [0.25, 0.3) is 0 Å². The number of carboxylic acids is 1. The molecular weight excluding hydrogens is 283 g/mol. The van der Waals surface area contributed by atoms with Crippen LogP contribution in [0.3, 0.4) is 0 Å². The Hall–Kier alpha value is -0.272. The van der Waals surface area contributed by atoms with Crippen molar-refractivity contribution in [3.63, 3.8) is 0 Å². The number of benzene rings is 1. The minimum absolute atomic E-state index is 0.391. The first kappa shape index (κ1) is 9.81. The molecule has 1 rings (SSSR count). The van der Waals surface area contributed by atoms with E-state index in [-0.39, 0.29) is 0 Å². The van der Waals surface area contributed by atoms with Crippen molar-refractivity contribution in [3.05, 3.63) is 27.7 Å². The third kappa shape index (κ3) is 1.90. The maximum absolute atomic E-state index is 10.7. The van der Waals surface area contributed by atoms with Crippen LogP contribution in [-0.4, -0.2) is 27.9 Å². The van der Waals surface area contributed by atoms with E-state index in [4.69, 9.17) is 5.11 Å². The zero-order valence-electron chi connectivity index (χ0n) is 6.47. The summed E-state index contributed by atoms with van der Waals surface area (Å²) in [5.41, 5.74) is 1.41. The van der Waals surface area contributed by atoms with Gasteiger partial charge in [-0.3, -0.25) is 0 Å². The molecule has 0 radical (unpaired) electrons. The zero-order valence-corrected chi connectivity index (χ0v) is 10.5. The van der Waals surface area contributed by atoms with E-state index >= 15 is 0 Å². The second kappa shape index (κ2) is 3.63. The number of rotatable bonds is 1. The van der Waals surface area contributed by atoms with Gasteiger partial charge in [0.25, 0.3) is 0 Å². The molecule has 0 saturated carbocycles. The maximum atomic E-state index is 10.7. The second-order valence-electron chi connectivity index (χ2n) is 2.49. The van der Waals surface area contributed by atoms with Crippen LogP contribution in [0.2, 0.25) is 0 Å². The normalized spacial score (nSPS) is 9.92. The Labute approximate surface area is 87.6 Å². The Morgan fingerprint density at radius 3 is 2.67 bits per heavy atom. The molecule has 0 bridgehead atoms. The fraction of sp³-hybridized carbons (Fsp3) is 0.125. The Morgan fingerprint density at radius 1 is 1.58 bits per heavy atom. The van der Waals surface area contributed by atoms with Crippen molar-refractivity contribution in [2.24, 2.45) is 0 Å². The van der Waals surface area contributed by atoms with Crippen LogP contribution >= 0.6 is 15.9 Å². The molecule has 1 atom stereocenters. The topological polar surface area (TPSA) is 37.3 Å². The number of carbonyl (C=O) groups is 1. The van der Waals surface area contributed by atoms with Gasteiger partial charge in [-0.05, 0) is 0 Å². The minimum atomic E-state index is -0.862. The summed E-state index contributed by atoms with van der Waals surface area (Å²) in [7, 11) is 0. The summed E-state index contributed by atoms with van der Waals surface area (Å²) < 4.78 is 1.71. The van der Waals surface area contributed by atoms with Crippen molar-refractivity contribution in [2.75, 3.05) is 0 Å². The molecule has 1 N–H and O–H groups in total. The third-order valence-corrected chi connectivity index (χ3v) is 3.65. The van der Waals surface area contributed by atoms with E-state index in [1.807, 2.05) is 13.0 Å².